The lowest BCUT2D eigenvalue weighted by atomic mass is 9.98. The molecule has 0 saturated heterocycles. The molecule has 1 aromatic carbocycles. The maximum atomic E-state index is 12.4. The summed E-state index contributed by atoms with van der Waals surface area (Å²) in [6.45, 7) is 3.85. The van der Waals surface area contributed by atoms with Crippen LogP contribution >= 0.6 is 0 Å². The lowest BCUT2D eigenvalue weighted by Crippen LogP contribution is -2.47. The topological polar surface area (TPSA) is 64.6 Å². The number of amides is 1. The number of carbonyl (C=O) groups excluding carboxylic acids is 2. The van der Waals surface area contributed by atoms with Crippen LogP contribution in [0.5, 0.6) is 0 Å². The van der Waals surface area contributed by atoms with E-state index in [9.17, 15) is 9.59 Å². The highest BCUT2D eigenvalue weighted by atomic mass is 16.5. The summed E-state index contributed by atoms with van der Waals surface area (Å²) >= 11 is 0. The van der Waals surface area contributed by atoms with Crippen molar-refractivity contribution in [1.29, 1.82) is 0 Å². The molecule has 0 unspecified atom stereocenters. The summed E-state index contributed by atoms with van der Waals surface area (Å²) in [6, 6.07) is 8.48. The molecule has 0 saturated carbocycles. The van der Waals surface area contributed by atoms with Crippen LogP contribution in [-0.4, -0.2) is 32.1 Å². The van der Waals surface area contributed by atoms with Crippen molar-refractivity contribution < 1.29 is 19.1 Å². The Balaban J connectivity index is 2.87. The molecule has 3 atom stereocenters. The van der Waals surface area contributed by atoms with Crippen LogP contribution in [0.2, 0.25) is 0 Å². The van der Waals surface area contributed by atoms with Crippen molar-refractivity contribution in [3.8, 4) is 0 Å². The number of esters is 1. The molecule has 0 heterocycles. The SMILES string of the molecule is CC[C@H](C)[C@H](NC(=O)[C@H](OC)c1ccccc1)C(=O)OC. The summed E-state index contributed by atoms with van der Waals surface area (Å²) < 4.78 is 10.0. The van der Waals surface area contributed by atoms with Crippen molar-refractivity contribution in [3.05, 3.63) is 35.9 Å². The van der Waals surface area contributed by atoms with Gasteiger partial charge in [0.25, 0.3) is 5.91 Å². The average molecular weight is 293 g/mol. The third kappa shape index (κ3) is 4.56. The average Bonchev–Trinajstić information content (AvgIpc) is 2.52. The standard InChI is InChI=1S/C16H23NO4/c1-5-11(2)13(16(19)21-4)17-15(18)14(20-3)12-9-7-6-8-10-12/h6-11,13-14H,5H2,1-4H3,(H,17,18)/t11-,13-,14+/m0/s1. The van der Waals surface area contributed by atoms with Gasteiger partial charge in [-0.1, -0.05) is 50.6 Å². The summed E-state index contributed by atoms with van der Waals surface area (Å²) in [4.78, 5) is 24.2. The van der Waals surface area contributed by atoms with E-state index in [2.05, 4.69) is 5.32 Å². The fraction of sp³-hybridized carbons (Fsp3) is 0.500. The van der Waals surface area contributed by atoms with E-state index in [-0.39, 0.29) is 11.8 Å². The molecule has 0 fully saturated rings. The minimum Gasteiger partial charge on any atom is -0.467 e. The zero-order chi connectivity index (χ0) is 15.8. The van der Waals surface area contributed by atoms with Gasteiger partial charge in [0.05, 0.1) is 7.11 Å². The third-order valence-electron chi connectivity index (χ3n) is 3.54. The summed E-state index contributed by atoms with van der Waals surface area (Å²) in [5.74, 6) is -0.810. The van der Waals surface area contributed by atoms with Crippen LogP contribution in [-0.2, 0) is 19.1 Å². The Kier molecular flexibility index (Phi) is 6.88. The van der Waals surface area contributed by atoms with Crippen molar-refractivity contribution in [1.82, 2.24) is 5.32 Å². The van der Waals surface area contributed by atoms with Gasteiger partial charge in [-0.3, -0.25) is 4.79 Å². The number of hydrogen-bond acceptors (Lipinski definition) is 4. The van der Waals surface area contributed by atoms with Crippen molar-refractivity contribution in [2.45, 2.75) is 32.4 Å². The van der Waals surface area contributed by atoms with Gasteiger partial charge < -0.3 is 14.8 Å². The zero-order valence-electron chi connectivity index (χ0n) is 13.0. The molecule has 0 spiro atoms. The van der Waals surface area contributed by atoms with E-state index in [1.807, 2.05) is 44.2 Å². The molecule has 1 aromatic rings. The summed E-state index contributed by atoms with van der Waals surface area (Å²) in [5.41, 5.74) is 0.741. The predicted molar refractivity (Wildman–Crippen MR) is 79.6 cm³/mol. The Labute approximate surface area is 125 Å². The number of benzene rings is 1. The van der Waals surface area contributed by atoms with E-state index in [0.717, 1.165) is 12.0 Å². The number of nitrogens with one attached hydrogen (secondary N) is 1. The van der Waals surface area contributed by atoms with Gasteiger partial charge in [0, 0.05) is 7.11 Å². The van der Waals surface area contributed by atoms with Gasteiger partial charge in [0.15, 0.2) is 6.10 Å². The van der Waals surface area contributed by atoms with Crippen LogP contribution in [0.4, 0.5) is 0 Å². The highest BCUT2D eigenvalue weighted by Gasteiger charge is 2.30. The summed E-state index contributed by atoms with van der Waals surface area (Å²) in [5, 5.41) is 2.73. The molecule has 0 aliphatic rings. The third-order valence-corrected chi connectivity index (χ3v) is 3.54. The largest absolute Gasteiger partial charge is 0.467 e. The molecule has 1 N–H and O–H groups in total. The van der Waals surface area contributed by atoms with Gasteiger partial charge in [-0.05, 0) is 11.5 Å². The lowest BCUT2D eigenvalue weighted by Gasteiger charge is -2.24. The second-order valence-corrected chi connectivity index (χ2v) is 4.92. The molecular weight excluding hydrogens is 270 g/mol. The van der Waals surface area contributed by atoms with E-state index in [1.165, 1.54) is 14.2 Å². The van der Waals surface area contributed by atoms with Crippen molar-refractivity contribution in [2.24, 2.45) is 5.92 Å². The number of carbonyl (C=O) groups is 2. The first-order chi connectivity index (χ1) is 10.0. The number of ether oxygens (including phenoxy) is 2. The lowest BCUT2D eigenvalue weighted by molar-refractivity contribution is -0.148. The molecule has 116 valence electrons. The van der Waals surface area contributed by atoms with E-state index in [1.54, 1.807) is 0 Å². The Bertz CT molecular complexity index is 461. The zero-order valence-corrected chi connectivity index (χ0v) is 13.0. The fourth-order valence-electron chi connectivity index (χ4n) is 2.05. The van der Waals surface area contributed by atoms with E-state index < -0.39 is 18.1 Å². The number of rotatable bonds is 7. The molecule has 0 aromatic heterocycles. The van der Waals surface area contributed by atoms with Crippen molar-refractivity contribution in [3.63, 3.8) is 0 Å². The molecule has 0 bridgehead atoms. The van der Waals surface area contributed by atoms with Crippen LogP contribution in [0.25, 0.3) is 0 Å². The normalized spacial score (nSPS) is 14.9. The van der Waals surface area contributed by atoms with Gasteiger partial charge in [-0.2, -0.15) is 0 Å². The maximum absolute atomic E-state index is 12.4. The monoisotopic (exact) mass is 293 g/mol. The molecule has 0 radical (unpaired) electrons. The summed E-state index contributed by atoms with van der Waals surface area (Å²) in [7, 11) is 2.78. The van der Waals surface area contributed by atoms with Gasteiger partial charge >= 0.3 is 5.97 Å². The van der Waals surface area contributed by atoms with Crippen molar-refractivity contribution >= 4 is 11.9 Å². The van der Waals surface area contributed by atoms with Crippen LogP contribution in [0.1, 0.15) is 31.9 Å². The summed E-state index contributed by atoms with van der Waals surface area (Å²) in [6.07, 6.45) is 0.00524. The van der Waals surface area contributed by atoms with Crippen LogP contribution in [0.3, 0.4) is 0 Å². The van der Waals surface area contributed by atoms with E-state index in [4.69, 9.17) is 9.47 Å². The van der Waals surface area contributed by atoms with Gasteiger partial charge in [-0.25, -0.2) is 4.79 Å². The quantitative estimate of drug-likeness (QED) is 0.782. The molecule has 5 nitrogen and oxygen atoms in total. The fourth-order valence-corrected chi connectivity index (χ4v) is 2.05. The van der Waals surface area contributed by atoms with Gasteiger partial charge in [-0.15, -0.1) is 0 Å². The maximum Gasteiger partial charge on any atom is 0.328 e. The second kappa shape index (κ2) is 8.42. The minimum absolute atomic E-state index is 0.0188. The molecule has 0 aliphatic carbocycles. The second-order valence-electron chi connectivity index (χ2n) is 4.92. The van der Waals surface area contributed by atoms with E-state index >= 15 is 0 Å². The van der Waals surface area contributed by atoms with E-state index in [0.29, 0.717) is 0 Å². The Morgan fingerprint density at radius 3 is 2.29 bits per heavy atom. The Hall–Kier alpha value is -1.88. The Morgan fingerprint density at radius 2 is 1.81 bits per heavy atom. The van der Waals surface area contributed by atoms with Crippen LogP contribution in [0, 0.1) is 5.92 Å². The first-order valence-electron chi connectivity index (χ1n) is 7.01. The molecule has 0 aliphatic heterocycles. The van der Waals surface area contributed by atoms with Crippen molar-refractivity contribution in [2.75, 3.05) is 14.2 Å². The molecule has 1 rings (SSSR count). The number of methoxy groups -OCH3 is 2. The first-order valence-corrected chi connectivity index (χ1v) is 7.01. The highest BCUT2D eigenvalue weighted by molar-refractivity contribution is 5.87. The predicted octanol–water partition coefficient (Wildman–Crippen LogP) is 2.08. The van der Waals surface area contributed by atoms with Crippen LogP contribution < -0.4 is 5.32 Å². The molecule has 1 amide bonds. The molecular formula is C16H23NO4. The molecule has 21 heavy (non-hydrogen) atoms. The minimum atomic E-state index is -0.748. The van der Waals surface area contributed by atoms with Gasteiger partial charge in [0.1, 0.15) is 6.04 Å². The highest BCUT2D eigenvalue weighted by Crippen LogP contribution is 2.18. The van der Waals surface area contributed by atoms with Crippen LogP contribution in [0.15, 0.2) is 30.3 Å². The smallest absolute Gasteiger partial charge is 0.328 e. The molecule has 5 heteroatoms. The Morgan fingerprint density at radius 1 is 1.19 bits per heavy atom. The number of hydrogen-bond donors (Lipinski definition) is 1. The first kappa shape index (κ1) is 17.2. The van der Waals surface area contributed by atoms with Gasteiger partial charge in [0.2, 0.25) is 0 Å².